The first-order valence-corrected chi connectivity index (χ1v) is 16.9. The summed E-state index contributed by atoms with van der Waals surface area (Å²) in [4.78, 5) is 54.5. The summed E-state index contributed by atoms with van der Waals surface area (Å²) in [6.45, 7) is 5.16. The Morgan fingerprint density at radius 2 is 1.65 bits per heavy atom. The van der Waals surface area contributed by atoms with Crippen molar-refractivity contribution in [2.75, 3.05) is 36.6 Å². The predicted octanol–water partition coefficient (Wildman–Crippen LogP) is 6.41. The molecule has 12 heteroatoms. The monoisotopic (exact) mass is 669 g/mol. The van der Waals surface area contributed by atoms with Gasteiger partial charge in [-0.1, -0.05) is 45.1 Å². The number of ether oxygens (including phenoxy) is 2. The van der Waals surface area contributed by atoms with Gasteiger partial charge in [0, 0.05) is 43.7 Å². The molecule has 0 atom stereocenters. The predicted molar refractivity (Wildman–Crippen MR) is 192 cm³/mol. The fourth-order valence-electron chi connectivity index (χ4n) is 5.38. The maximum absolute atomic E-state index is 13.7. The number of esters is 1. The van der Waals surface area contributed by atoms with E-state index < -0.39 is 6.09 Å². The highest BCUT2D eigenvalue weighted by molar-refractivity contribution is 6.07. The lowest BCUT2D eigenvalue weighted by atomic mass is 10.1. The number of imidazole rings is 1. The van der Waals surface area contributed by atoms with Crippen LogP contribution in [0.5, 0.6) is 0 Å². The van der Waals surface area contributed by atoms with Gasteiger partial charge in [-0.2, -0.15) is 4.99 Å². The molecule has 0 saturated carbocycles. The van der Waals surface area contributed by atoms with Gasteiger partial charge in [0.05, 0.1) is 37.2 Å². The maximum Gasteiger partial charge on any atom is 0.435 e. The highest BCUT2D eigenvalue weighted by Crippen LogP contribution is 2.23. The molecule has 2 aromatic heterocycles. The van der Waals surface area contributed by atoms with Crippen molar-refractivity contribution in [2.45, 2.75) is 65.3 Å². The number of hydrogen-bond acceptors (Lipinski definition) is 8. The van der Waals surface area contributed by atoms with E-state index in [1.165, 1.54) is 24.2 Å². The second-order valence-electron chi connectivity index (χ2n) is 11.8. The van der Waals surface area contributed by atoms with Crippen molar-refractivity contribution in [3.63, 3.8) is 0 Å². The molecule has 0 aliphatic carbocycles. The van der Waals surface area contributed by atoms with E-state index in [-0.39, 0.29) is 37.3 Å². The summed E-state index contributed by atoms with van der Waals surface area (Å²) in [5.41, 5.74) is 9.61. The first-order chi connectivity index (χ1) is 23.7. The third kappa shape index (κ3) is 10.4. The lowest BCUT2D eigenvalue weighted by Crippen LogP contribution is -2.34. The Kier molecular flexibility index (Phi) is 13.7. The van der Waals surface area contributed by atoms with E-state index in [0.29, 0.717) is 35.6 Å². The second-order valence-corrected chi connectivity index (χ2v) is 11.8. The molecule has 49 heavy (non-hydrogen) atoms. The largest absolute Gasteiger partial charge is 0.466 e. The number of aryl methyl sites for hydroxylation is 1. The van der Waals surface area contributed by atoms with Crippen LogP contribution in [0.1, 0.15) is 80.5 Å². The summed E-state index contributed by atoms with van der Waals surface area (Å²) >= 11 is 0. The van der Waals surface area contributed by atoms with Crippen LogP contribution in [-0.2, 0) is 27.9 Å². The van der Waals surface area contributed by atoms with Gasteiger partial charge in [-0.05, 0) is 67.9 Å². The smallest absolute Gasteiger partial charge is 0.435 e. The number of rotatable bonds is 17. The number of aliphatic imine (C=N–C) groups is 1. The number of carbonyl (C=O) groups is 3. The zero-order valence-corrected chi connectivity index (χ0v) is 28.9. The Labute approximate surface area is 287 Å². The van der Waals surface area contributed by atoms with Crippen LogP contribution in [0, 0.1) is 0 Å². The minimum Gasteiger partial charge on any atom is -0.466 e. The Morgan fingerprint density at radius 3 is 2.37 bits per heavy atom. The van der Waals surface area contributed by atoms with Crippen LogP contribution in [0.4, 0.5) is 16.3 Å². The van der Waals surface area contributed by atoms with Crippen LogP contribution >= 0.6 is 0 Å². The molecule has 0 radical (unpaired) electrons. The molecule has 12 nitrogen and oxygen atoms in total. The van der Waals surface area contributed by atoms with E-state index in [9.17, 15) is 14.4 Å². The average molecular weight is 670 g/mol. The molecule has 2 amide bonds. The van der Waals surface area contributed by atoms with Gasteiger partial charge in [0.15, 0.2) is 0 Å². The molecule has 0 saturated heterocycles. The molecule has 0 aliphatic rings. The molecule has 0 unspecified atom stereocenters. The number of aromatic nitrogens is 3. The molecule has 0 spiro atoms. The summed E-state index contributed by atoms with van der Waals surface area (Å²) < 4.78 is 12.3. The quantitative estimate of drug-likeness (QED) is 0.0584. The van der Waals surface area contributed by atoms with Crippen LogP contribution in [0.25, 0.3) is 11.0 Å². The molecule has 0 bridgehead atoms. The zero-order valence-electron chi connectivity index (χ0n) is 28.9. The van der Waals surface area contributed by atoms with Crippen molar-refractivity contribution < 1.29 is 23.9 Å². The second kappa shape index (κ2) is 18.3. The van der Waals surface area contributed by atoms with E-state index in [4.69, 9.17) is 20.2 Å². The van der Waals surface area contributed by atoms with Crippen LogP contribution in [0.2, 0.25) is 0 Å². The van der Waals surface area contributed by atoms with Gasteiger partial charge in [0.1, 0.15) is 17.5 Å². The van der Waals surface area contributed by atoms with Crippen molar-refractivity contribution in [3.8, 4) is 0 Å². The lowest BCUT2D eigenvalue weighted by Gasteiger charge is -2.21. The number of anilines is 2. The van der Waals surface area contributed by atoms with Gasteiger partial charge in [0.25, 0.3) is 5.91 Å². The van der Waals surface area contributed by atoms with E-state index >= 15 is 0 Å². The summed E-state index contributed by atoms with van der Waals surface area (Å²) in [7, 11) is 3.89. The fourth-order valence-corrected chi connectivity index (χ4v) is 5.38. The minimum absolute atomic E-state index is 0.0463. The topological polar surface area (TPSA) is 145 Å². The van der Waals surface area contributed by atoms with Crippen molar-refractivity contribution >= 4 is 46.3 Å². The number of benzene rings is 2. The molecule has 0 fully saturated rings. The number of nitrogens with two attached hydrogens (primary N) is 1. The number of fused-ring (bicyclic) bond motifs is 1. The molecule has 4 rings (SSSR count). The molecular formula is C37H47N7O5. The van der Waals surface area contributed by atoms with Crippen LogP contribution in [-0.4, -0.2) is 65.1 Å². The highest BCUT2D eigenvalue weighted by atomic mass is 16.5. The molecule has 0 aliphatic heterocycles. The van der Waals surface area contributed by atoms with Crippen LogP contribution in [0.3, 0.4) is 0 Å². The molecule has 2 N–H and O–H groups in total. The molecule has 260 valence electrons. The van der Waals surface area contributed by atoms with Gasteiger partial charge in [-0.15, -0.1) is 0 Å². The van der Waals surface area contributed by atoms with Crippen molar-refractivity contribution in [3.05, 3.63) is 83.8 Å². The number of nitrogens with zero attached hydrogens (tertiary/aromatic N) is 6. The maximum atomic E-state index is 13.7. The van der Waals surface area contributed by atoms with Crippen LogP contribution in [0.15, 0.2) is 71.9 Å². The highest BCUT2D eigenvalue weighted by Gasteiger charge is 2.22. The first-order valence-electron chi connectivity index (χ1n) is 16.9. The van der Waals surface area contributed by atoms with Gasteiger partial charge in [-0.25, -0.2) is 14.8 Å². The van der Waals surface area contributed by atoms with Gasteiger partial charge >= 0.3 is 12.1 Å². The summed E-state index contributed by atoms with van der Waals surface area (Å²) in [5.74, 6) is 0.677. The average Bonchev–Trinajstić information content (AvgIpc) is 3.42. The minimum atomic E-state index is -0.680. The van der Waals surface area contributed by atoms with Gasteiger partial charge in [-0.3, -0.25) is 14.5 Å². The zero-order chi connectivity index (χ0) is 35.2. The summed E-state index contributed by atoms with van der Waals surface area (Å²) in [6.07, 6.45) is 7.60. The number of amides is 2. The fraction of sp³-hybridized carbons (Fsp3) is 0.405. The van der Waals surface area contributed by atoms with Crippen molar-refractivity contribution in [2.24, 2.45) is 17.8 Å². The normalized spacial score (nSPS) is 11.4. The van der Waals surface area contributed by atoms with Crippen molar-refractivity contribution in [1.82, 2.24) is 14.5 Å². The Balaban J connectivity index is 1.40. The summed E-state index contributed by atoms with van der Waals surface area (Å²) in [6, 6.07) is 18.1. The van der Waals surface area contributed by atoms with Crippen molar-refractivity contribution in [1.29, 1.82) is 0 Å². The first kappa shape index (κ1) is 36.6. The Morgan fingerprint density at radius 1 is 0.918 bits per heavy atom. The third-order valence-corrected chi connectivity index (χ3v) is 8.15. The number of hydrogen-bond donors (Lipinski definition) is 1. The van der Waals surface area contributed by atoms with Gasteiger partial charge < -0.3 is 24.7 Å². The van der Waals surface area contributed by atoms with Crippen LogP contribution < -0.4 is 15.5 Å². The molecule has 2 aromatic carbocycles. The third-order valence-electron chi connectivity index (χ3n) is 8.15. The van der Waals surface area contributed by atoms with E-state index in [0.717, 1.165) is 36.3 Å². The number of carbonyl (C=O) groups excluding carboxylic acids is 3. The van der Waals surface area contributed by atoms with E-state index in [2.05, 4.69) is 16.9 Å². The standard InChI is InChI=1S/C37H47N7O5/c1-5-7-8-9-10-13-24-49-37(47)41-35(38)27-15-18-29(19-16-27)42(3)26-33-40-30-25-28(17-20-31(30)43(33)4)36(46)44(23-21-34(45)48-6-2)32-14-11-12-22-39-32/h11-12,14-20,22,25H,5-10,13,21,23-24,26H2,1-4H3,(H2,38,41,47). The lowest BCUT2D eigenvalue weighted by molar-refractivity contribution is -0.142. The number of unbranched alkanes of at least 4 members (excludes halogenated alkanes) is 5. The summed E-state index contributed by atoms with van der Waals surface area (Å²) in [5, 5.41) is 0. The SMILES string of the molecule is CCCCCCCCOC(=O)N=C(N)c1ccc(N(C)Cc2nc3cc(C(=O)N(CCC(=O)OCC)c4ccccn4)ccc3n2C)cc1. The van der Waals surface area contributed by atoms with E-state index in [1.807, 2.05) is 53.9 Å². The number of amidine groups is 1. The Hall–Kier alpha value is -5.26. The van der Waals surface area contributed by atoms with E-state index in [1.54, 1.807) is 43.5 Å². The Bertz CT molecular complexity index is 1720. The molecule has 4 aromatic rings. The molecule has 2 heterocycles. The number of pyridine rings is 1. The molecular weight excluding hydrogens is 622 g/mol. The van der Waals surface area contributed by atoms with Gasteiger partial charge in [0.2, 0.25) is 0 Å².